The summed E-state index contributed by atoms with van der Waals surface area (Å²) >= 11 is 0. The molecule has 2 aromatic carbocycles. The number of amides is 1. The number of nitrogens with one attached hydrogen (secondary N) is 1. The van der Waals surface area contributed by atoms with Gasteiger partial charge in [-0.3, -0.25) is 4.79 Å². The number of hydrogen-bond acceptors (Lipinski definition) is 3. The summed E-state index contributed by atoms with van der Waals surface area (Å²) in [5, 5.41) is 2.99. The van der Waals surface area contributed by atoms with Crippen LogP contribution in [0.2, 0.25) is 0 Å². The molecular weight excluding hydrogens is 288 g/mol. The zero-order valence-corrected chi connectivity index (χ0v) is 13.4. The van der Waals surface area contributed by atoms with Gasteiger partial charge in [0.05, 0.1) is 13.7 Å². The van der Waals surface area contributed by atoms with E-state index in [9.17, 15) is 4.79 Å². The third-order valence-electron chi connectivity index (χ3n) is 4.16. The van der Waals surface area contributed by atoms with Crippen molar-refractivity contribution in [2.45, 2.75) is 19.4 Å². The maximum atomic E-state index is 12.3. The Kier molecular flexibility index (Phi) is 4.81. The van der Waals surface area contributed by atoms with Crippen LogP contribution in [0.3, 0.4) is 0 Å². The van der Waals surface area contributed by atoms with Crippen molar-refractivity contribution < 1.29 is 9.53 Å². The van der Waals surface area contributed by atoms with Crippen LogP contribution in [0.5, 0.6) is 5.75 Å². The summed E-state index contributed by atoms with van der Waals surface area (Å²) < 4.78 is 5.20. The number of carbonyl (C=O) groups excluding carboxylic acids is 1. The van der Waals surface area contributed by atoms with Crippen LogP contribution >= 0.6 is 0 Å². The predicted octanol–water partition coefficient (Wildman–Crippen LogP) is 2.76. The van der Waals surface area contributed by atoms with Crippen molar-refractivity contribution in [3.63, 3.8) is 0 Å². The molecule has 1 N–H and O–H groups in total. The third-order valence-corrected chi connectivity index (χ3v) is 4.16. The van der Waals surface area contributed by atoms with Crippen LogP contribution < -0.4 is 15.0 Å². The lowest BCUT2D eigenvalue weighted by Gasteiger charge is -2.30. The molecule has 1 heterocycles. The molecule has 0 bridgehead atoms. The zero-order valence-electron chi connectivity index (χ0n) is 13.4. The molecule has 1 aliphatic rings. The molecule has 0 unspecified atom stereocenters. The Balaban J connectivity index is 1.58. The molecule has 4 heteroatoms. The number of ether oxygens (including phenoxy) is 1. The van der Waals surface area contributed by atoms with Crippen molar-refractivity contribution in [3.05, 3.63) is 59.7 Å². The molecule has 2 aromatic rings. The highest BCUT2D eigenvalue weighted by atomic mass is 16.5. The largest absolute Gasteiger partial charge is 0.497 e. The molecule has 0 aromatic heterocycles. The van der Waals surface area contributed by atoms with Gasteiger partial charge >= 0.3 is 0 Å². The van der Waals surface area contributed by atoms with E-state index < -0.39 is 0 Å². The Labute approximate surface area is 137 Å². The molecule has 0 radical (unpaired) electrons. The van der Waals surface area contributed by atoms with Gasteiger partial charge in [0.1, 0.15) is 5.75 Å². The standard InChI is InChI=1S/C19H22N2O2/c1-23-17-9-4-6-15(12-17)13-20-19(22)14-21-11-5-8-16-7-2-3-10-18(16)21/h2-4,6-7,9-10,12H,5,8,11,13-14H2,1H3,(H,20,22). The van der Waals surface area contributed by atoms with Gasteiger partial charge in [-0.2, -0.15) is 0 Å². The Morgan fingerprint density at radius 2 is 2.09 bits per heavy atom. The monoisotopic (exact) mass is 310 g/mol. The lowest BCUT2D eigenvalue weighted by molar-refractivity contribution is -0.119. The Bertz CT molecular complexity index is 685. The topological polar surface area (TPSA) is 41.6 Å². The molecule has 120 valence electrons. The highest BCUT2D eigenvalue weighted by molar-refractivity contribution is 5.81. The molecule has 0 saturated carbocycles. The first-order chi connectivity index (χ1) is 11.3. The number of aryl methyl sites for hydroxylation is 1. The number of anilines is 1. The van der Waals surface area contributed by atoms with E-state index in [0.29, 0.717) is 13.1 Å². The lowest BCUT2D eigenvalue weighted by Crippen LogP contribution is -2.39. The number of carbonyl (C=O) groups is 1. The lowest BCUT2D eigenvalue weighted by atomic mass is 10.0. The van der Waals surface area contributed by atoms with E-state index in [2.05, 4.69) is 28.4 Å². The van der Waals surface area contributed by atoms with E-state index in [-0.39, 0.29) is 5.91 Å². The van der Waals surface area contributed by atoms with E-state index in [1.54, 1.807) is 7.11 Å². The quantitative estimate of drug-likeness (QED) is 0.923. The summed E-state index contributed by atoms with van der Waals surface area (Å²) in [4.78, 5) is 14.4. The summed E-state index contributed by atoms with van der Waals surface area (Å²) in [5.74, 6) is 0.853. The molecule has 0 saturated heterocycles. The number of fused-ring (bicyclic) bond motifs is 1. The second kappa shape index (κ2) is 7.18. The molecule has 0 aliphatic carbocycles. The van der Waals surface area contributed by atoms with Gasteiger partial charge in [-0.25, -0.2) is 0 Å². The fourth-order valence-electron chi connectivity index (χ4n) is 2.99. The van der Waals surface area contributed by atoms with Gasteiger partial charge in [-0.15, -0.1) is 0 Å². The van der Waals surface area contributed by atoms with Gasteiger partial charge in [-0.1, -0.05) is 30.3 Å². The predicted molar refractivity (Wildman–Crippen MR) is 91.8 cm³/mol. The van der Waals surface area contributed by atoms with E-state index in [1.165, 1.54) is 11.3 Å². The number of benzene rings is 2. The molecule has 1 amide bonds. The van der Waals surface area contributed by atoms with Crippen molar-refractivity contribution >= 4 is 11.6 Å². The highest BCUT2D eigenvalue weighted by Gasteiger charge is 2.18. The maximum Gasteiger partial charge on any atom is 0.239 e. The van der Waals surface area contributed by atoms with Gasteiger partial charge in [0.25, 0.3) is 0 Å². The molecule has 3 rings (SSSR count). The average molecular weight is 310 g/mol. The van der Waals surface area contributed by atoms with Gasteiger partial charge in [0.2, 0.25) is 5.91 Å². The first kappa shape index (κ1) is 15.4. The summed E-state index contributed by atoms with van der Waals surface area (Å²) in [6.07, 6.45) is 2.19. The Hall–Kier alpha value is -2.49. The van der Waals surface area contributed by atoms with Gasteiger partial charge in [0, 0.05) is 18.8 Å². The van der Waals surface area contributed by atoms with Crippen molar-refractivity contribution in [2.24, 2.45) is 0 Å². The zero-order chi connectivity index (χ0) is 16.1. The fourth-order valence-corrected chi connectivity index (χ4v) is 2.99. The molecule has 4 nitrogen and oxygen atoms in total. The van der Waals surface area contributed by atoms with E-state index in [0.717, 1.165) is 30.7 Å². The van der Waals surface area contributed by atoms with Gasteiger partial charge in [-0.05, 0) is 42.2 Å². The van der Waals surface area contributed by atoms with Crippen LogP contribution in [-0.2, 0) is 17.8 Å². The smallest absolute Gasteiger partial charge is 0.239 e. The van der Waals surface area contributed by atoms with E-state index >= 15 is 0 Å². The van der Waals surface area contributed by atoms with Crippen molar-refractivity contribution in [1.29, 1.82) is 0 Å². The molecule has 0 fully saturated rings. The van der Waals surface area contributed by atoms with Crippen LogP contribution in [0.1, 0.15) is 17.5 Å². The van der Waals surface area contributed by atoms with Crippen LogP contribution in [0.25, 0.3) is 0 Å². The SMILES string of the molecule is COc1cccc(CNC(=O)CN2CCCc3ccccc32)c1. The number of nitrogens with zero attached hydrogens (tertiary/aromatic N) is 1. The minimum Gasteiger partial charge on any atom is -0.497 e. The molecule has 0 atom stereocenters. The number of hydrogen-bond donors (Lipinski definition) is 1. The van der Waals surface area contributed by atoms with Crippen LogP contribution in [0, 0.1) is 0 Å². The second-order valence-electron chi connectivity index (χ2n) is 5.78. The van der Waals surface area contributed by atoms with Crippen LogP contribution in [-0.4, -0.2) is 26.1 Å². The summed E-state index contributed by atoms with van der Waals surface area (Å²) in [6.45, 7) is 1.86. The van der Waals surface area contributed by atoms with Crippen LogP contribution in [0.4, 0.5) is 5.69 Å². The van der Waals surface area contributed by atoms with Crippen molar-refractivity contribution in [2.75, 3.05) is 25.1 Å². The van der Waals surface area contributed by atoms with Crippen molar-refractivity contribution in [3.8, 4) is 5.75 Å². The summed E-state index contributed by atoms with van der Waals surface area (Å²) in [6, 6.07) is 16.1. The van der Waals surface area contributed by atoms with E-state index in [1.807, 2.05) is 30.3 Å². The average Bonchev–Trinajstić information content (AvgIpc) is 2.60. The van der Waals surface area contributed by atoms with Crippen molar-refractivity contribution in [1.82, 2.24) is 5.32 Å². The number of methoxy groups -OCH3 is 1. The molecule has 23 heavy (non-hydrogen) atoms. The Morgan fingerprint density at radius 1 is 1.22 bits per heavy atom. The van der Waals surface area contributed by atoms with Crippen LogP contribution in [0.15, 0.2) is 48.5 Å². The molecule has 1 aliphatic heterocycles. The first-order valence-electron chi connectivity index (χ1n) is 7.99. The molecule has 0 spiro atoms. The maximum absolute atomic E-state index is 12.3. The normalized spacial score (nSPS) is 13.3. The summed E-state index contributed by atoms with van der Waals surface area (Å²) in [5.41, 5.74) is 3.56. The first-order valence-corrected chi connectivity index (χ1v) is 7.99. The highest BCUT2D eigenvalue weighted by Crippen LogP contribution is 2.26. The number of rotatable bonds is 5. The number of para-hydroxylation sites is 1. The van der Waals surface area contributed by atoms with E-state index in [4.69, 9.17) is 4.74 Å². The molecular formula is C19H22N2O2. The Morgan fingerprint density at radius 3 is 2.96 bits per heavy atom. The summed E-state index contributed by atoms with van der Waals surface area (Å²) in [7, 11) is 1.64. The minimum atomic E-state index is 0.0459. The third kappa shape index (κ3) is 3.83. The van der Waals surface area contributed by atoms with Gasteiger partial charge in [0.15, 0.2) is 0 Å². The van der Waals surface area contributed by atoms with Gasteiger partial charge < -0.3 is 15.0 Å². The second-order valence-corrected chi connectivity index (χ2v) is 5.78. The fraction of sp³-hybridized carbons (Fsp3) is 0.316. The minimum absolute atomic E-state index is 0.0459.